The fourth-order valence-corrected chi connectivity index (χ4v) is 6.23. The molecule has 1 aromatic carbocycles. The number of amides is 1. The van der Waals surface area contributed by atoms with Crippen LogP contribution in [0.3, 0.4) is 0 Å². The molecule has 4 N–H and O–H groups in total. The molecule has 3 aromatic rings. The molecule has 3 unspecified atom stereocenters. The van der Waals surface area contributed by atoms with E-state index in [2.05, 4.69) is 9.62 Å². The Hall–Kier alpha value is -2.93. The number of halogens is 1. The smallest absolute Gasteiger partial charge is 0.256 e. The number of nitrogens with zero attached hydrogens (tertiary/aromatic N) is 5. The quantitative estimate of drug-likeness (QED) is 0.415. The maximum atomic E-state index is 13.8. The van der Waals surface area contributed by atoms with E-state index in [0.717, 1.165) is 30.5 Å². The van der Waals surface area contributed by atoms with Gasteiger partial charge in [0.15, 0.2) is 5.65 Å². The van der Waals surface area contributed by atoms with Crippen LogP contribution in [0.25, 0.3) is 5.65 Å². The van der Waals surface area contributed by atoms with Crippen LogP contribution in [-0.2, 0) is 10.0 Å². The van der Waals surface area contributed by atoms with Gasteiger partial charge in [0.2, 0.25) is 10.0 Å². The first-order valence-electron chi connectivity index (χ1n) is 12.6. The number of aryl methyl sites for hydroxylation is 1. The zero-order valence-corrected chi connectivity index (χ0v) is 22.9. The number of hydrogen-bond acceptors (Lipinski definition) is 8. The summed E-state index contributed by atoms with van der Waals surface area (Å²) in [5, 5.41) is 15.0. The molecule has 0 radical (unpaired) electrons. The molecule has 2 saturated heterocycles. The van der Waals surface area contributed by atoms with Crippen LogP contribution in [0.15, 0.2) is 30.5 Å². The van der Waals surface area contributed by atoms with E-state index in [1.807, 2.05) is 19.2 Å². The van der Waals surface area contributed by atoms with Crippen LogP contribution in [0.1, 0.15) is 53.3 Å². The largest absolute Gasteiger partial charge is 0.394 e. The molecule has 1 amide bonds. The third kappa shape index (κ3) is 5.31. The summed E-state index contributed by atoms with van der Waals surface area (Å²) in [5.41, 5.74) is 8.79. The van der Waals surface area contributed by atoms with E-state index in [1.54, 1.807) is 15.5 Å². The van der Waals surface area contributed by atoms with Gasteiger partial charge in [-0.3, -0.25) is 9.52 Å². The molecule has 0 saturated carbocycles. The minimum absolute atomic E-state index is 0.00331. The number of piperidine rings is 1. The normalized spacial score (nSPS) is 22.3. The topological polar surface area (TPSA) is 146 Å². The van der Waals surface area contributed by atoms with Gasteiger partial charge in [-0.2, -0.15) is 5.10 Å². The third-order valence-corrected chi connectivity index (χ3v) is 7.99. The average molecular weight is 562 g/mol. The van der Waals surface area contributed by atoms with Crippen LogP contribution in [-0.4, -0.2) is 77.0 Å². The first-order chi connectivity index (χ1) is 18.0. The second-order valence-corrected chi connectivity index (χ2v) is 12.4. The molecule has 11 nitrogen and oxygen atoms in total. The van der Waals surface area contributed by atoms with Crippen molar-refractivity contribution in [2.45, 2.75) is 50.7 Å². The minimum atomic E-state index is -3.60. The van der Waals surface area contributed by atoms with E-state index in [-0.39, 0.29) is 41.9 Å². The number of nitrogens with one attached hydrogen (secondary N) is 1. The molecule has 204 valence electrons. The van der Waals surface area contributed by atoms with Gasteiger partial charge in [-0.05, 0) is 50.8 Å². The van der Waals surface area contributed by atoms with Crippen LogP contribution in [0.4, 0.5) is 11.5 Å². The van der Waals surface area contributed by atoms with Gasteiger partial charge in [0.25, 0.3) is 5.91 Å². The molecule has 38 heavy (non-hydrogen) atoms. The average Bonchev–Trinajstić information content (AvgIpc) is 3.45. The number of likely N-dealkylation sites (tertiary alicyclic amines) is 1. The fraction of sp³-hybridized carbons (Fsp3) is 0.480. The number of hydrogen-bond donors (Lipinski definition) is 3. The molecule has 2 fully saturated rings. The molecule has 4 heterocycles. The van der Waals surface area contributed by atoms with Crippen molar-refractivity contribution in [3.8, 4) is 0 Å². The van der Waals surface area contributed by atoms with Gasteiger partial charge in [0, 0.05) is 42.0 Å². The van der Waals surface area contributed by atoms with E-state index in [4.69, 9.17) is 27.4 Å². The van der Waals surface area contributed by atoms with Crippen LogP contribution < -0.4 is 15.4 Å². The van der Waals surface area contributed by atoms with Gasteiger partial charge in [-0.25, -0.2) is 17.9 Å². The number of benzene rings is 1. The Balaban J connectivity index is 1.49. The van der Waals surface area contributed by atoms with Gasteiger partial charge in [0.1, 0.15) is 5.82 Å². The van der Waals surface area contributed by atoms with Gasteiger partial charge in [-0.1, -0.05) is 11.6 Å². The van der Waals surface area contributed by atoms with Crippen molar-refractivity contribution in [2.75, 3.05) is 35.6 Å². The number of carbonyl (C=O) groups is 1. The molecule has 0 aliphatic carbocycles. The molecule has 3 atom stereocenters. The second kappa shape index (κ2) is 10.3. The number of aliphatic hydroxyl groups is 1. The summed E-state index contributed by atoms with van der Waals surface area (Å²) >= 11 is 6.19. The van der Waals surface area contributed by atoms with Crippen molar-refractivity contribution < 1.29 is 18.3 Å². The Morgan fingerprint density at radius 2 is 2.08 bits per heavy atom. The predicted molar refractivity (Wildman–Crippen MR) is 146 cm³/mol. The van der Waals surface area contributed by atoms with Crippen molar-refractivity contribution in [1.29, 1.82) is 0 Å². The first-order valence-corrected chi connectivity index (χ1v) is 14.9. The van der Waals surface area contributed by atoms with Gasteiger partial charge in [0.05, 0.1) is 41.9 Å². The number of nitrogens with two attached hydrogens (primary N) is 1. The summed E-state index contributed by atoms with van der Waals surface area (Å²) in [7, 11) is -3.60. The number of anilines is 2. The van der Waals surface area contributed by atoms with Gasteiger partial charge in [-0.15, -0.1) is 0 Å². The van der Waals surface area contributed by atoms with Gasteiger partial charge < -0.3 is 20.6 Å². The summed E-state index contributed by atoms with van der Waals surface area (Å²) in [6, 6.07) is 6.00. The summed E-state index contributed by atoms with van der Waals surface area (Å²) in [6.45, 7) is 3.07. The number of carbonyl (C=O) groups excluding carboxylic acids is 1. The first kappa shape index (κ1) is 26.7. The highest BCUT2D eigenvalue weighted by molar-refractivity contribution is 7.92. The number of aromatic nitrogens is 3. The van der Waals surface area contributed by atoms with Crippen molar-refractivity contribution in [3.05, 3.63) is 52.3 Å². The molecule has 2 aliphatic heterocycles. The zero-order valence-electron chi connectivity index (χ0n) is 21.3. The zero-order chi connectivity index (χ0) is 27.2. The molecule has 13 heteroatoms. The maximum absolute atomic E-state index is 13.8. The maximum Gasteiger partial charge on any atom is 0.256 e. The Bertz CT molecular complexity index is 1480. The van der Waals surface area contributed by atoms with E-state index in [1.165, 1.54) is 12.1 Å². The number of sulfonamides is 1. The predicted octanol–water partition coefficient (Wildman–Crippen LogP) is 2.33. The molecule has 0 bridgehead atoms. The van der Waals surface area contributed by atoms with E-state index >= 15 is 0 Å². The Labute approximate surface area is 226 Å². The Kier molecular flexibility index (Phi) is 7.25. The minimum Gasteiger partial charge on any atom is -0.394 e. The monoisotopic (exact) mass is 561 g/mol. The third-order valence-electron chi connectivity index (χ3n) is 7.17. The summed E-state index contributed by atoms with van der Waals surface area (Å²) in [5.74, 6) is 0.449. The van der Waals surface area contributed by atoms with Gasteiger partial charge >= 0.3 is 0 Å². The Morgan fingerprint density at radius 1 is 1.29 bits per heavy atom. The van der Waals surface area contributed by atoms with Crippen LogP contribution >= 0.6 is 11.6 Å². The number of aliphatic hydroxyl groups excluding tert-OH is 1. The molecule has 0 spiro atoms. The highest BCUT2D eigenvalue weighted by atomic mass is 35.5. The molecule has 5 rings (SSSR count). The number of rotatable bonds is 6. The van der Waals surface area contributed by atoms with Crippen LogP contribution in [0.5, 0.6) is 0 Å². The standard InChI is InChI=1S/C25H32ClN7O4S/c1-15-12-33-23(28-24(15)32-13-17(27)10-18(32)14-34)11-21(29-33)22-5-3-4-8-31(22)25(35)19-9-16(26)6-7-20(19)30-38(2,36)37/h6-7,9,11-12,17-18,22,30,34H,3-5,8,10,13-14,27H2,1-2H3. The molecule has 2 aromatic heterocycles. The molecule has 2 aliphatic rings. The lowest BCUT2D eigenvalue weighted by Crippen LogP contribution is -2.39. The van der Waals surface area contributed by atoms with Crippen LogP contribution in [0, 0.1) is 6.92 Å². The van der Waals surface area contributed by atoms with E-state index in [0.29, 0.717) is 42.3 Å². The Morgan fingerprint density at radius 3 is 2.82 bits per heavy atom. The van der Waals surface area contributed by atoms with E-state index in [9.17, 15) is 18.3 Å². The van der Waals surface area contributed by atoms with Crippen LogP contribution in [0.2, 0.25) is 5.02 Å². The molecular formula is C25H32ClN7O4S. The molecular weight excluding hydrogens is 530 g/mol. The lowest BCUT2D eigenvalue weighted by atomic mass is 9.98. The van der Waals surface area contributed by atoms with Crippen molar-refractivity contribution >= 4 is 44.7 Å². The lowest BCUT2D eigenvalue weighted by molar-refractivity contribution is 0.0607. The lowest BCUT2D eigenvalue weighted by Gasteiger charge is -2.35. The van der Waals surface area contributed by atoms with Crippen molar-refractivity contribution in [2.24, 2.45) is 5.73 Å². The summed E-state index contributed by atoms with van der Waals surface area (Å²) in [4.78, 5) is 22.4. The summed E-state index contributed by atoms with van der Waals surface area (Å²) in [6.07, 6.45) is 6.10. The van der Waals surface area contributed by atoms with Crippen molar-refractivity contribution in [1.82, 2.24) is 19.5 Å². The number of fused-ring (bicyclic) bond motifs is 1. The SMILES string of the molecule is Cc1cn2nc(C3CCCCN3C(=O)c3cc(Cl)ccc3NS(C)(=O)=O)cc2nc1N1CC(N)CC1CO. The summed E-state index contributed by atoms with van der Waals surface area (Å²) < 4.78 is 28.0. The van der Waals surface area contributed by atoms with Crippen molar-refractivity contribution in [3.63, 3.8) is 0 Å². The fourth-order valence-electron chi connectivity index (χ4n) is 5.48. The van der Waals surface area contributed by atoms with E-state index < -0.39 is 10.0 Å². The highest BCUT2D eigenvalue weighted by Crippen LogP contribution is 2.35. The highest BCUT2D eigenvalue weighted by Gasteiger charge is 2.34. The second-order valence-electron chi connectivity index (χ2n) is 10.2.